The Kier molecular flexibility index (Phi) is 4.62. The van der Waals surface area contributed by atoms with Gasteiger partial charge in [-0.2, -0.15) is 4.31 Å². The van der Waals surface area contributed by atoms with Crippen molar-refractivity contribution >= 4 is 15.8 Å². The van der Waals surface area contributed by atoms with Gasteiger partial charge < -0.3 is 9.80 Å². The van der Waals surface area contributed by atoms with Crippen molar-refractivity contribution in [1.82, 2.24) is 14.2 Å². The standard InChI is InChI=1S/C13H22N4O2S/c1-15(2)7-8-16-9-10-17(20(3,18)19)11-12-5-4-6-14-13(12)16/h4-6H,7-11H2,1-3H3. The van der Waals surface area contributed by atoms with E-state index in [-0.39, 0.29) is 0 Å². The molecule has 2 heterocycles. The van der Waals surface area contributed by atoms with Crippen molar-refractivity contribution in [3.63, 3.8) is 0 Å². The molecule has 0 N–H and O–H groups in total. The Balaban J connectivity index is 2.26. The number of fused-ring (bicyclic) bond motifs is 1. The smallest absolute Gasteiger partial charge is 0.211 e. The predicted molar refractivity (Wildman–Crippen MR) is 80.3 cm³/mol. The second-order valence-corrected chi connectivity index (χ2v) is 7.36. The lowest BCUT2D eigenvalue weighted by atomic mass is 10.2. The van der Waals surface area contributed by atoms with Crippen LogP contribution in [0.1, 0.15) is 5.56 Å². The van der Waals surface area contributed by atoms with Crippen LogP contribution in [0.5, 0.6) is 0 Å². The molecule has 0 spiro atoms. The van der Waals surface area contributed by atoms with Crippen molar-refractivity contribution in [3.8, 4) is 0 Å². The fraction of sp³-hybridized carbons (Fsp3) is 0.615. The maximum atomic E-state index is 11.8. The topological polar surface area (TPSA) is 56.8 Å². The first-order valence-electron chi connectivity index (χ1n) is 6.66. The molecule has 0 saturated carbocycles. The second-order valence-electron chi connectivity index (χ2n) is 5.37. The van der Waals surface area contributed by atoms with Gasteiger partial charge in [-0.15, -0.1) is 0 Å². The molecule has 1 aliphatic rings. The SMILES string of the molecule is CN(C)CCN1CCN(S(C)(=O)=O)Cc2cccnc21. The Morgan fingerprint density at radius 1 is 1.35 bits per heavy atom. The molecule has 7 heteroatoms. The van der Waals surface area contributed by atoms with Crippen LogP contribution in [0.25, 0.3) is 0 Å². The molecule has 0 radical (unpaired) electrons. The van der Waals surface area contributed by atoms with E-state index < -0.39 is 10.0 Å². The molecule has 2 rings (SSSR count). The quantitative estimate of drug-likeness (QED) is 0.796. The summed E-state index contributed by atoms with van der Waals surface area (Å²) < 4.78 is 25.1. The van der Waals surface area contributed by atoms with Crippen molar-refractivity contribution in [2.75, 3.05) is 51.4 Å². The van der Waals surface area contributed by atoms with E-state index in [1.807, 2.05) is 26.2 Å². The summed E-state index contributed by atoms with van der Waals surface area (Å²) in [5, 5.41) is 0. The van der Waals surface area contributed by atoms with Gasteiger partial charge in [-0.1, -0.05) is 6.07 Å². The van der Waals surface area contributed by atoms with Gasteiger partial charge in [-0.3, -0.25) is 0 Å². The van der Waals surface area contributed by atoms with Crippen molar-refractivity contribution in [2.45, 2.75) is 6.54 Å². The van der Waals surface area contributed by atoms with E-state index in [0.717, 1.165) is 24.5 Å². The Hall–Kier alpha value is -1.18. The van der Waals surface area contributed by atoms with E-state index in [1.54, 1.807) is 6.20 Å². The molecule has 0 fully saturated rings. The summed E-state index contributed by atoms with van der Waals surface area (Å²) in [6, 6.07) is 3.81. The molecule has 0 aromatic carbocycles. The highest BCUT2D eigenvalue weighted by molar-refractivity contribution is 7.88. The lowest BCUT2D eigenvalue weighted by Gasteiger charge is -2.25. The largest absolute Gasteiger partial charge is 0.354 e. The summed E-state index contributed by atoms with van der Waals surface area (Å²) in [5.41, 5.74) is 0.967. The van der Waals surface area contributed by atoms with Crippen molar-refractivity contribution in [3.05, 3.63) is 23.9 Å². The summed E-state index contributed by atoms with van der Waals surface area (Å²) in [7, 11) is 0.877. The number of anilines is 1. The van der Waals surface area contributed by atoms with Crippen LogP contribution in [-0.4, -0.2) is 69.1 Å². The molecule has 0 unspecified atom stereocenters. The third-order valence-corrected chi connectivity index (χ3v) is 4.67. The number of hydrogen-bond acceptors (Lipinski definition) is 5. The van der Waals surface area contributed by atoms with Crippen LogP contribution in [0, 0.1) is 0 Å². The fourth-order valence-electron chi connectivity index (χ4n) is 2.27. The van der Waals surface area contributed by atoms with Gasteiger partial charge in [0, 0.05) is 44.5 Å². The maximum Gasteiger partial charge on any atom is 0.211 e. The van der Waals surface area contributed by atoms with E-state index >= 15 is 0 Å². The van der Waals surface area contributed by atoms with Crippen LogP contribution < -0.4 is 4.90 Å². The van der Waals surface area contributed by atoms with Crippen LogP contribution in [0.15, 0.2) is 18.3 Å². The molecule has 0 atom stereocenters. The predicted octanol–water partition coefficient (Wildman–Crippen LogP) is 0.225. The molecule has 0 bridgehead atoms. The highest BCUT2D eigenvalue weighted by atomic mass is 32.2. The number of hydrogen-bond donors (Lipinski definition) is 0. The first kappa shape index (κ1) is 15.2. The first-order chi connectivity index (χ1) is 9.38. The molecule has 0 aliphatic carbocycles. The van der Waals surface area contributed by atoms with Gasteiger partial charge in [-0.05, 0) is 20.2 Å². The lowest BCUT2D eigenvalue weighted by Crippen LogP contribution is -2.37. The number of sulfonamides is 1. The van der Waals surface area contributed by atoms with Crippen LogP contribution in [0.2, 0.25) is 0 Å². The average molecular weight is 298 g/mol. The molecule has 20 heavy (non-hydrogen) atoms. The normalized spacial score (nSPS) is 17.1. The molecular formula is C13H22N4O2S. The number of rotatable bonds is 4. The van der Waals surface area contributed by atoms with Crippen LogP contribution in [-0.2, 0) is 16.6 Å². The average Bonchev–Trinajstić information content (AvgIpc) is 2.55. The number of aromatic nitrogens is 1. The highest BCUT2D eigenvalue weighted by Crippen LogP contribution is 2.23. The zero-order chi connectivity index (χ0) is 14.8. The minimum Gasteiger partial charge on any atom is -0.354 e. The van der Waals surface area contributed by atoms with E-state index in [9.17, 15) is 8.42 Å². The molecule has 6 nitrogen and oxygen atoms in total. The van der Waals surface area contributed by atoms with Crippen LogP contribution in [0.3, 0.4) is 0 Å². The molecule has 1 aromatic rings. The zero-order valence-electron chi connectivity index (χ0n) is 12.3. The van der Waals surface area contributed by atoms with Crippen LogP contribution in [0.4, 0.5) is 5.82 Å². The molecular weight excluding hydrogens is 276 g/mol. The molecule has 1 aromatic heterocycles. The van der Waals surface area contributed by atoms with E-state index in [1.165, 1.54) is 10.6 Å². The summed E-state index contributed by atoms with van der Waals surface area (Å²) in [5.74, 6) is 0.903. The fourth-order valence-corrected chi connectivity index (χ4v) is 3.05. The molecule has 0 saturated heterocycles. The van der Waals surface area contributed by atoms with Gasteiger partial charge in [-0.25, -0.2) is 13.4 Å². The van der Waals surface area contributed by atoms with E-state index in [2.05, 4.69) is 14.8 Å². The third-order valence-electron chi connectivity index (χ3n) is 3.42. The Morgan fingerprint density at radius 2 is 2.10 bits per heavy atom. The van der Waals surface area contributed by atoms with Crippen molar-refractivity contribution in [1.29, 1.82) is 0 Å². The maximum absolute atomic E-state index is 11.8. The molecule has 0 amide bonds. The zero-order valence-corrected chi connectivity index (χ0v) is 13.1. The van der Waals surface area contributed by atoms with Crippen LogP contribution >= 0.6 is 0 Å². The third kappa shape index (κ3) is 3.68. The summed E-state index contributed by atoms with van der Waals surface area (Å²) in [6.45, 7) is 3.33. The summed E-state index contributed by atoms with van der Waals surface area (Å²) in [4.78, 5) is 8.72. The number of pyridine rings is 1. The van der Waals surface area contributed by atoms with Crippen molar-refractivity contribution < 1.29 is 8.42 Å². The van der Waals surface area contributed by atoms with Gasteiger partial charge >= 0.3 is 0 Å². The second kappa shape index (κ2) is 6.07. The monoisotopic (exact) mass is 298 g/mol. The number of likely N-dealkylation sites (N-methyl/N-ethyl adjacent to an activating group) is 1. The Morgan fingerprint density at radius 3 is 2.75 bits per heavy atom. The highest BCUT2D eigenvalue weighted by Gasteiger charge is 2.25. The lowest BCUT2D eigenvalue weighted by molar-refractivity contribution is 0.401. The van der Waals surface area contributed by atoms with Gasteiger partial charge in [0.1, 0.15) is 5.82 Å². The van der Waals surface area contributed by atoms with Gasteiger partial charge in [0.15, 0.2) is 0 Å². The Bertz CT molecular complexity index is 559. The minimum absolute atomic E-state index is 0.403. The first-order valence-corrected chi connectivity index (χ1v) is 8.51. The summed E-state index contributed by atoms with van der Waals surface area (Å²) in [6.07, 6.45) is 3.02. The van der Waals surface area contributed by atoms with Gasteiger partial charge in [0.2, 0.25) is 10.0 Å². The van der Waals surface area contributed by atoms with Gasteiger partial charge in [0.25, 0.3) is 0 Å². The van der Waals surface area contributed by atoms with Gasteiger partial charge in [0.05, 0.1) is 6.26 Å². The van der Waals surface area contributed by atoms with Crippen molar-refractivity contribution in [2.24, 2.45) is 0 Å². The van der Waals surface area contributed by atoms with E-state index in [0.29, 0.717) is 19.6 Å². The number of nitrogens with zero attached hydrogens (tertiary/aromatic N) is 4. The Labute approximate surface area is 121 Å². The molecule has 112 valence electrons. The summed E-state index contributed by atoms with van der Waals surface area (Å²) >= 11 is 0. The van der Waals surface area contributed by atoms with E-state index in [4.69, 9.17) is 0 Å². The molecule has 1 aliphatic heterocycles. The minimum atomic E-state index is -3.18.